The Bertz CT molecular complexity index is 850. The standard InChI is InChI=1S/C21H23ClN4O/c22-19-9-7-18(8-10-19)21-23-20(27-24-21)16-26-12-4-11-25(13-14-26)15-17-5-2-1-3-6-17/h1-3,5-10H,4,11-16H2. The lowest BCUT2D eigenvalue weighted by Gasteiger charge is -2.20. The summed E-state index contributed by atoms with van der Waals surface area (Å²) in [6.07, 6.45) is 1.14. The van der Waals surface area contributed by atoms with Gasteiger partial charge in [0.15, 0.2) is 0 Å². The zero-order valence-electron chi connectivity index (χ0n) is 15.2. The third-order valence-electron chi connectivity index (χ3n) is 4.86. The molecule has 0 aliphatic carbocycles. The van der Waals surface area contributed by atoms with Gasteiger partial charge in [-0.25, -0.2) is 0 Å². The molecule has 1 aliphatic rings. The van der Waals surface area contributed by atoms with Gasteiger partial charge in [-0.3, -0.25) is 9.80 Å². The van der Waals surface area contributed by atoms with Crippen LogP contribution < -0.4 is 0 Å². The molecule has 1 aliphatic heterocycles. The van der Waals surface area contributed by atoms with E-state index in [1.807, 2.05) is 24.3 Å². The van der Waals surface area contributed by atoms with Crippen LogP contribution in [0.5, 0.6) is 0 Å². The van der Waals surface area contributed by atoms with Crippen molar-refractivity contribution in [3.63, 3.8) is 0 Å². The highest BCUT2D eigenvalue weighted by Crippen LogP contribution is 2.19. The number of nitrogens with zero attached hydrogens (tertiary/aromatic N) is 4. The van der Waals surface area contributed by atoms with E-state index >= 15 is 0 Å². The number of hydrogen-bond acceptors (Lipinski definition) is 5. The molecule has 0 bridgehead atoms. The molecule has 0 atom stereocenters. The van der Waals surface area contributed by atoms with Crippen molar-refractivity contribution in [2.45, 2.75) is 19.5 Å². The van der Waals surface area contributed by atoms with Crippen LogP contribution in [0.3, 0.4) is 0 Å². The summed E-state index contributed by atoms with van der Waals surface area (Å²) in [7, 11) is 0. The second kappa shape index (κ2) is 8.65. The Balaban J connectivity index is 1.33. The monoisotopic (exact) mass is 382 g/mol. The van der Waals surface area contributed by atoms with Gasteiger partial charge in [-0.2, -0.15) is 4.98 Å². The number of benzene rings is 2. The molecule has 2 heterocycles. The third kappa shape index (κ3) is 4.95. The van der Waals surface area contributed by atoms with Crippen molar-refractivity contribution in [3.8, 4) is 11.4 Å². The minimum atomic E-state index is 0.613. The van der Waals surface area contributed by atoms with E-state index in [1.54, 1.807) is 0 Å². The van der Waals surface area contributed by atoms with Crippen LogP contribution in [0.25, 0.3) is 11.4 Å². The molecule has 2 aromatic carbocycles. The number of halogens is 1. The second-order valence-electron chi connectivity index (χ2n) is 6.91. The van der Waals surface area contributed by atoms with Gasteiger partial charge in [0.25, 0.3) is 0 Å². The zero-order valence-corrected chi connectivity index (χ0v) is 16.0. The van der Waals surface area contributed by atoms with Gasteiger partial charge in [0.05, 0.1) is 6.54 Å². The van der Waals surface area contributed by atoms with E-state index in [0.29, 0.717) is 23.3 Å². The molecule has 1 aromatic heterocycles. The maximum Gasteiger partial charge on any atom is 0.241 e. The smallest absolute Gasteiger partial charge is 0.241 e. The van der Waals surface area contributed by atoms with Crippen LogP contribution in [0.15, 0.2) is 59.1 Å². The first kappa shape index (κ1) is 18.2. The van der Waals surface area contributed by atoms with Crippen molar-refractivity contribution in [2.24, 2.45) is 0 Å². The summed E-state index contributed by atoms with van der Waals surface area (Å²) in [4.78, 5) is 9.45. The molecule has 0 amide bonds. The molecule has 4 rings (SSSR count). The summed E-state index contributed by atoms with van der Waals surface area (Å²) >= 11 is 5.94. The summed E-state index contributed by atoms with van der Waals surface area (Å²) in [6.45, 7) is 5.92. The Labute approximate surface area is 164 Å². The molecule has 0 unspecified atom stereocenters. The van der Waals surface area contributed by atoms with Crippen molar-refractivity contribution < 1.29 is 4.52 Å². The summed E-state index contributed by atoms with van der Waals surface area (Å²) in [6, 6.07) is 18.1. The van der Waals surface area contributed by atoms with Gasteiger partial charge < -0.3 is 4.52 Å². The first-order valence-corrected chi connectivity index (χ1v) is 9.71. The molecule has 140 valence electrons. The van der Waals surface area contributed by atoms with Crippen LogP contribution >= 0.6 is 11.6 Å². The fourth-order valence-electron chi connectivity index (χ4n) is 3.41. The van der Waals surface area contributed by atoms with E-state index in [1.165, 1.54) is 5.56 Å². The summed E-state index contributed by atoms with van der Waals surface area (Å²) in [5.74, 6) is 1.28. The molecule has 0 radical (unpaired) electrons. The van der Waals surface area contributed by atoms with Crippen LogP contribution in [0.2, 0.25) is 5.02 Å². The molecule has 27 heavy (non-hydrogen) atoms. The highest BCUT2D eigenvalue weighted by Gasteiger charge is 2.18. The van der Waals surface area contributed by atoms with Gasteiger partial charge in [0.1, 0.15) is 0 Å². The van der Waals surface area contributed by atoms with Crippen molar-refractivity contribution >= 4 is 11.6 Å². The normalized spacial score (nSPS) is 16.3. The quantitative estimate of drug-likeness (QED) is 0.664. The average Bonchev–Trinajstić information content (AvgIpc) is 3.04. The fraction of sp³-hybridized carbons (Fsp3) is 0.333. The van der Waals surface area contributed by atoms with Crippen LogP contribution in [0.1, 0.15) is 17.9 Å². The van der Waals surface area contributed by atoms with E-state index in [0.717, 1.165) is 44.7 Å². The molecular weight excluding hydrogens is 360 g/mol. The second-order valence-corrected chi connectivity index (χ2v) is 7.35. The van der Waals surface area contributed by atoms with Crippen molar-refractivity contribution in [3.05, 3.63) is 71.1 Å². The summed E-state index contributed by atoms with van der Waals surface area (Å²) in [5.41, 5.74) is 2.29. The Morgan fingerprint density at radius 1 is 0.852 bits per heavy atom. The Hall–Kier alpha value is -2.21. The fourth-order valence-corrected chi connectivity index (χ4v) is 3.53. The molecule has 6 heteroatoms. The molecule has 0 spiro atoms. The molecule has 1 saturated heterocycles. The van der Waals surface area contributed by atoms with Gasteiger partial charge >= 0.3 is 0 Å². The lowest BCUT2D eigenvalue weighted by Crippen LogP contribution is -2.30. The molecule has 1 fully saturated rings. The predicted molar refractivity (Wildman–Crippen MR) is 106 cm³/mol. The van der Waals surface area contributed by atoms with Crippen LogP contribution in [0.4, 0.5) is 0 Å². The minimum absolute atomic E-state index is 0.613. The largest absolute Gasteiger partial charge is 0.338 e. The predicted octanol–water partition coefficient (Wildman–Crippen LogP) is 4.10. The average molecular weight is 383 g/mol. The van der Waals surface area contributed by atoms with Gasteiger partial charge in [0.2, 0.25) is 11.7 Å². The minimum Gasteiger partial charge on any atom is -0.338 e. The van der Waals surface area contributed by atoms with Crippen LogP contribution in [0, 0.1) is 0 Å². The summed E-state index contributed by atoms with van der Waals surface area (Å²) < 4.78 is 5.47. The van der Waals surface area contributed by atoms with E-state index < -0.39 is 0 Å². The maximum atomic E-state index is 5.94. The first-order chi connectivity index (χ1) is 13.3. The third-order valence-corrected chi connectivity index (χ3v) is 5.11. The number of rotatable bonds is 5. The highest BCUT2D eigenvalue weighted by molar-refractivity contribution is 6.30. The number of hydrogen-bond donors (Lipinski definition) is 0. The van der Waals surface area contributed by atoms with Crippen LogP contribution in [-0.2, 0) is 13.1 Å². The van der Waals surface area contributed by atoms with Crippen molar-refractivity contribution in [1.29, 1.82) is 0 Å². The van der Waals surface area contributed by atoms with E-state index in [4.69, 9.17) is 16.1 Å². The highest BCUT2D eigenvalue weighted by atomic mass is 35.5. The summed E-state index contributed by atoms with van der Waals surface area (Å²) in [5, 5.41) is 4.81. The van der Waals surface area contributed by atoms with Gasteiger partial charge in [-0.15, -0.1) is 0 Å². The van der Waals surface area contributed by atoms with Crippen molar-refractivity contribution in [1.82, 2.24) is 19.9 Å². The molecule has 0 N–H and O–H groups in total. The van der Waals surface area contributed by atoms with E-state index in [-0.39, 0.29) is 0 Å². The Morgan fingerprint density at radius 3 is 2.30 bits per heavy atom. The Kier molecular flexibility index (Phi) is 5.82. The van der Waals surface area contributed by atoms with Crippen molar-refractivity contribution in [2.75, 3.05) is 26.2 Å². The lowest BCUT2D eigenvalue weighted by molar-refractivity contribution is 0.222. The van der Waals surface area contributed by atoms with Gasteiger partial charge in [-0.1, -0.05) is 47.1 Å². The number of aromatic nitrogens is 2. The van der Waals surface area contributed by atoms with Gasteiger partial charge in [-0.05, 0) is 49.3 Å². The first-order valence-electron chi connectivity index (χ1n) is 9.33. The van der Waals surface area contributed by atoms with Crippen LogP contribution in [-0.4, -0.2) is 46.1 Å². The SMILES string of the molecule is Clc1ccc(-c2noc(CN3CCCN(Cc4ccccc4)CC3)n2)cc1. The zero-order chi connectivity index (χ0) is 18.5. The van der Waals surface area contributed by atoms with E-state index in [2.05, 4.69) is 50.3 Å². The molecule has 0 saturated carbocycles. The Morgan fingerprint density at radius 2 is 1.56 bits per heavy atom. The molecular formula is C21H23ClN4O. The lowest BCUT2D eigenvalue weighted by atomic mass is 10.2. The van der Waals surface area contributed by atoms with Gasteiger partial charge in [0, 0.05) is 30.2 Å². The van der Waals surface area contributed by atoms with E-state index in [9.17, 15) is 0 Å². The molecule has 5 nitrogen and oxygen atoms in total. The maximum absolute atomic E-state index is 5.94. The molecule has 3 aromatic rings. The topological polar surface area (TPSA) is 45.4 Å².